The summed E-state index contributed by atoms with van der Waals surface area (Å²) in [4.78, 5) is 10.4. The molecular weight excluding hydrogens is 294 g/mol. The zero-order valence-corrected chi connectivity index (χ0v) is 11.6. The lowest BCUT2D eigenvalue weighted by Gasteiger charge is -2.17. The molecule has 0 unspecified atom stereocenters. The van der Waals surface area contributed by atoms with Crippen LogP contribution in [0.15, 0.2) is 41.1 Å². The van der Waals surface area contributed by atoms with Crippen molar-refractivity contribution in [3.8, 4) is 0 Å². The van der Waals surface area contributed by atoms with Gasteiger partial charge in [-0.2, -0.15) is 0 Å². The quantitative estimate of drug-likeness (QED) is 0.942. The summed E-state index contributed by atoms with van der Waals surface area (Å²) in [6.07, 6.45) is 3.28. The minimum atomic E-state index is -0.0310. The largest absolute Gasteiger partial charge is 0.392 e. The van der Waals surface area contributed by atoms with Gasteiger partial charge in [-0.15, -0.1) is 0 Å². The van der Waals surface area contributed by atoms with Gasteiger partial charge in [0.1, 0.15) is 0 Å². The molecule has 0 atom stereocenters. The minimum Gasteiger partial charge on any atom is -0.392 e. The van der Waals surface area contributed by atoms with Crippen molar-refractivity contribution in [2.75, 3.05) is 11.9 Å². The van der Waals surface area contributed by atoms with E-state index in [2.05, 4.69) is 38.0 Å². The molecule has 2 rings (SSSR count). The lowest BCUT2D eigenvalue weighted by molar-refractivity contribution is 0.281. The molecule has 0 amide bonds. The fourth-order valence-corrected chi connectivity index (χ4v) is 1.83. The van der Waals surface area contributed by atoms with Gasteiger partial charge in [-0.25, -0.2) is 9.97 Å². The Balaban J connectivity index is 2.06. The summed E-state index contributed by atoms with van der Waals surface area (Å²) in [5.41, 5.74) is 1.91. The molecule has 1 N–H and O–H groups in total. The summed E-state index contributed by atoms with van der Waals surface area (Å²) < 4.78 is 1.07. The van der Waals surface area contributed by atoms with E-state index in [1.54, 1.807) is 12.4 Å². The van der Waals surface area contributed by atoms with Crippen LogP contribution >= 0.6 is 15.9 Å². The first-order chi connectivity index (χ1) is 8.69. The van der Waals surface area contributed by atoms with Gasteiger partial charge < -0.3 is 10.0 Å². The molecular formula is C13H14BrN3O. The van der Waals surface area contributed by atoms with Crippen LogP contribution in [-0.4, -0.2) is 22.1 Å². The summed E-state index contributed by atoms with van der Waals surface area (Å²) in [5, 5.41) is 8.93. The van der Waals surface area contributed by atoms with Crippen molar-refractivity contribution in [2.45, 2.75) is 13.2 Å². The number of nitrogens with zero attached hydrogens (tertiary/aromatic N) is 3. The van der Waals surface area contributed by atoms with E-state index < -0.39 is 0 Å². The second-order valence-electron chi connectivity index (χ2n) is 4.03. The number of anilines is 1. The molecule has 0 radical (unpaired) electrons. The monoisotopic (exact) mass is 307 g/mol. The average molecular weight is 308 g/mol. The molecule has 0 fully saturated rings. The molecule has 0 spiro atoms. The molecule has 0 aliphatic carbocycles. The van der Waals surface area contributed by atoms with Crippen molar-refractivity contribution < 1.29 is 5.11 Å². The highest BCUT2D eigenvalue weighted by Crippen LogP contribution is 2.14. The Labute approximate surface area is 114 Å². The predicted molar refractivity (Wildman–Crippen MR) is 74.2 cm³/mol. The van der Waals surface area contributed by atoms with E-state index in [-0.39, 0.29) is 6.61 Å². The third-order valence-corrected chi connectivity index (χ3v) is 3.08. The summed E-state index contributed by atoms with van der Waals surface area (Å²) in [6.45, 7) is 0.711. The molecule has 4 nitrogen and oxygen atoms in total. The first-order valence-electron chi connectivity index (χ1n) is 5.56. The van der Waals surface area contributed by atoms with Gasteiger partial charge in [-0.1, -0.05) is 28.1 Å². The number of hydrogen-bond acceptors (Lipinski definition) is 4. The summed E-state index contributed by atoms with van der Waals surface area (Å²) >= 11 is 3.41. The van der Waals surface area contributed by atoms with E-state index in [0.717, 1.165) is 16.6 Å². The van der Waals surface area contributed by atoms with Crippen LogP contribution in [0.3, 0.4) is 0 Å². The SMILES string of the molecule is CN(Cc1ccc(Br)cc1)c1ncc(CO)cn1. The molecule has 5 heteroatoms. The Kier molecular flexibility index (Phi) is 4.28. The van der Waals surface area contributed by atoms with Gasteiger partial charge in [0.2, 0.25) is 5.95 Å². The molecule has 0 aliphatic rings. The van der Waals surface area contributed by atoms with Gasteiger partial charge in [0, 0.05) is 36.0 Å². The van der Waals surface area contributed by atoms with E-state index in [0.29, 0.717) is 5.95 Å². The van der Waals surface area contributed by atoms with Gasteiger partial charge in [-0.3, -0.25) is 0 Å². The van der Waals surface area contributed by atoms with E-state index in [1.165, 1.54) is 5.56 Å². The molecule has 0 bridgehead atoms. The van der Waals surface area contributed by atoms with Crippen molar-refractivity contribution in [2.24, 2.45) is 0 Å². The number of benzene rings is 1. The van der Waals surface area contributed by atoms with Crippen LogP contribution in [-0.2, 0) is 13.2 Å². The number of halogens is 1. The number of aliphatic hydroxyl groups excluding tert-OH is 1. The van der Waals surface area contributed by atoms with Gasteiger partial charge >= 0.3 is 0 Å². The van der Waals surface area contributed by atoms with E-state index in [4.69, 9.17) is 5.11 Å². The molecule has 0 saturated carbocycles. The van der Waals surface area contributed by atoms with Crippen LogP contribution in [0.4, 0.5) is 5.95 Å². The standard InChI is InChI=1S/C13H14BrN3O/c1-17(8-10-2-4-12(14)5-3-10)13-15-6-11(9-18)7-16-13/h2-7,18H,8-9H2,1H3. The first kappa shape index (κ1) is 13.0. The number of rotatable bonds is 4. The van der Waals surface area contributed by atoms with Gasteiger partial charge in [0.05, 0.1) is 6.61 Å². The van der Waals surface area contributed by atoms with Crippen LogP contribution in [0, 0.1) is 0 Å². The third kappa shape index (κ3) is 3.27. The zero-order valence-electron chi connectivity index (χ0n) is 10.0. The van der Waals surface area contributed by atoms with Gasteiger partial charge in [0.25, 0.3) is 0 Å². The predicted octanol–water partition coefficient (Wildman–Crippen LogP) is 2.37. The lowest BCUT2D eigenvalue weighted by Crippen LogP contribution is -2.19. The van der Waals surface area contributed by atoms with Crippen molar-refractivity contribution in [1.29, 1.82) is 0 Å². The molecule has 2 aromatic rings. The Morgan fingerprint density at radius 2 is 1.72 bits per heavy atom. The van der Waals surface area contributed by atoms with Crippen LogP contribution in [0.2, 0.25) is 0 Å². The Bertz CT molecular complexity index is 499. The van der Waals surface area contributed by atoms with Crippen molar-refractivity contribution in [1.82, 2.24) is 9.97 Å². The second-order valence-corrected chi connectivity index (χ2v) is 4.95. The Morgan fingerprint density at radius 3 is 2.28 bits per heavy atom. The maximum atomic E-state index is 8.93. The Hall–Kier alpha value is -1.46. The Morgan fingerprint density at radius 1 is 1.11 bits per heavy atom. The molecule has 1 aromatic carbocycles. The van der Waals surface area contributed by atoms with E-state index >= 15 is 0 Å². The van der Waals surface area contributed by atoms with Crippen LogP contribution in [0.1, 0.15) is 11.1 Å². The highest BCUT2D eigenvalue weighted by Gasteiger charge is 2.05. The normalized spacial score (nSPS) is 10.4. The van der Waals surface area contributed by atoms with E-state index in [9.17, 15) is 0 Å². The molecule has 94 valence electrons. The number of aromatic nitrogens is 2. The average Bonchev–Trinajstić information content (AvgIpc) is 2.41. The fourth-order valence-electron chi connectivity index (χ4n) is 1.56. The highest BCUT2D eigenvalue weighted by molar-refractivity contribution is 9.10. The smallest absolute Gasteiger partial charge is 0.225 e. The zero-order chi connectivity index (χ0) is 13.0. The highest BCUT2D eigenvalue weighted by atomic mass is 79.9. The third-order valence-electron chi connectivity index (χ3n) is 2.55. The maximum absolute atomic E-state index is 8.93. The topological polar surface area (TPSA) is 49.2 Å². The van der Waals surface area contributed by atoms with Gasteiger partial charge in [0.15, 0.2) is 0 Å². The van der Waals surface area contributed by atoms with E-state index in [1.807, 2.05) is 24.1 Å². The minimum absolute atomic E-state index is 0.0310. The number of hydrogen-bond donors (Lipinski definition) is 1. The molecule has 18 heavy (non-hydrogen) atoms. The molecule has 1 aromatic heterocycles. The van der Waals surface area contributed by atoms with Gasteiger partial charge in [-0.05, 0) is 17.7 Å². The maximum Gasteiger partial charge on any atom is 0.225 e. The van der Waals surface area contributed by atoms with Crippen molar-refractivity contribution in [3.05, 3.63) is 52.3 Å². The second kappa shape index (κ2) is 5.93. The fraction of sp³-hybridized carbons (Fsp3) is 0.231. The lowest BCUT2D eigenvalue weighted by atomic mass is 10.2. The first-order valence-corrected chi connectivity index (χ1v) is 6.35. The molecule has 0 saturated heterocycles. The molecule has 0 aliphatic heterocycles. The molecule has 1 heterocycles. The van der Waals surface area contributed by atoms with Crippen LogP contribution < -0.4 is 4.90 Å². The van der Waals surface area contributed by atoms with Crippen molar-refractivity contribution in [3.63, 3.8) is 0 Å². The summed E-state index contributed by atoms with van der Waals surface area (Å²) in [7, 11) is 1.94. The number of aliphatic hydroxyl groups is 1. The van der Waals surface area contributed by atoms with Crippen LogP contribution in [0.5, 0.6) is 0 Å². The van der Waals surface area contributed by atoms with Crippen molar-refractivity contribution >= 4 is 21.9 Å². The summed E-state index contributed by atoms with van der Waals surface area (Å²) in [5.74, 6) is 0.648. The van der Waals surface area contributed by atoms with Crippen LogP contribution in [0.25, 0.3) is 0 Å². The summed E-state index contributed by atoms with van der Waals surface area (Å²) in [6, 6.07) is 8.14.